The van der Waals surface area contributed by atoms with Gasteiger partial charge in [0.15, 0.2) is 0 Å². The number of aliphatic carboxylic acids is 1. The Balaban J connectivity index is 2.21. The Morgan fingerprint density at radius 3 is 2.54 bits per heavy atom. The number of carboxylic acids is 1. The minimum Gasteiger partial charge on any atom is -0.481 e. The molecule has 3 N–H and O–H groups in total. The Hall–Kier alpha value is -1.88. The molecule has 0 saturated carbocycles. The number of carbonyl (C=O) groups excluding carboxylic acids is 1. The summed E-state index contributed by atoms with van der Waals surface area (Å²) < 4.78 is 0. The maximum Gasteiger partial charge on any atom is 0.307 e. The number of rotatable bonds is 8. The SMILES string of the molecule is CNc1cc(CC(=O)C(C)C)cc(C[C@H](C(=O)O)[C@H]2CCNC2)c1. The predicted molar refractivity (Wildman–Crippen MR) is 95.3 cm³/mol. The molecule has 2 rings (SSSR count). The number of hydrogen-bond donors (Lipinski definition) is 3. The van der Waals surface area contributed by atoms with Gasteiger partial charge >= 0.3 is 5.97 Å². The fraction of sp³-hybridized carbons (Fsp3) is 0.579. The zero-order valence-electron chi connectivity index (χ0n) is 14.8. The van der Waals surface area contributed by atoms with Crippen LogP contribution in [0.15, 0.2) is 18.2 Å². The molecular formula is C19H28N2O3. The van der Waals surface area contributed by atoms with E-state index in [-0.39, 0.29) is 23.5 Å². The number of nitrogens with one attached hydrogen (secondary N) is 2. The van der Waals surface area contributed by atoms with Crippen molar-refractivity contribution < 1.29 is 14.7 Å². The molecule has 0 aromatic heterocycles. The van der Waals surface area contributed by atoms with E-state index in [2.05, 4.69) is 10.6 Å². The monoisotopic (exact) mass is 332 g/mol. The lowest BCUT2D eigenvalue weighted by Crippen LogP contribution is -2.27. The second-order valence-electron chi connectivity index (χ2n) is 6.99. The maximum atomic E-state index is 12.0. The first kappa shape index (κ1) is 18.5. The van der Waals surface area contributed by atoms with Crippen molar-refractivity contribution in [1.29, 1.82) is 0 Å². The summed E-state index contributed by atoms with van der Waals surface area (Å²) in [5, 5.41) is 16.0. The van der Waals surface area contributed by atoms with Crippen LogP contribution in [0.1, 0.15) is 31.4 Å². The molecule has 0 spiro atoms. The lowest BCUT2D eigenvalue weighted by molar-refractivity contribution is -0.143. The van der Waals surface area contributed by atoms with E-state index >= 15 is 0 Å². The van der Waals surface area contributed by atoms with Gasteiger partial charge in [-0.25, -0.2) is 0 Å². The van der Waals surface area contributed by atoms with E-state index in [1.165, 1.54) is 0 Å². The molecule has 0 amide bonds. The molecule has 1 aromatic rings. The minimum absolute atomic E-state index is 0.00280. The van der Waals surface area contributed by atoms with E-state index < -0.39 is 5.97 Å². The van der Waals surface area contributed by atoms with E-state index in [4.69, 9.17) is 0 Å². The summed E-state index contributed by atoms with van der Waals surface area (Å²) in [6.07, 6.45) is 1.80. The minimum atomic E-state index is -0.738. The molecule has 2 atom stereocenters. The topological polar surface area (TPSA) is 78.4 Å². The van der Waals surface area contributed by atoms with Crippen molar-refractivity contribution >= 4 is 17.4 Å². The lowest BCUT2D eigenvalue weighted by atomic mass is 9.85. The van der Waals surface area contributed by atoms with Gasteiger partial charge in [-0.1, -0.05) is 19.9 Å². The highest BCUT2D eigenvalue weighted by Gasteiger charge is 2.30. The highest BCUT2D eigenvalue weighted by atomic mass is 16.4. The van der Waals surface area contributed by atoms with E-state index in [0.29, 0.717) is 12.8 Å². The first-order valence-corrected chi connectivity index (χ1v) is 8.67. The Morgan fingerprint density at radius 1 is 1.29 bits per heavy atom. The fourth-order valence-corrected chi connectivity index (χ4v) is 3.26. The van der Waals surface area contributed by atoms with E-state index in [0.717, 1.165) is 36.3 Å². The zero-order valence-corrected chi connectivity index (χ0v) is 14.8. The summed E-state index contributed by atoms with van der Waals surface area (Å²) >= 11 is 0. The number of carbonyl (C=O) groups is 2. The van der Waals surface area contributed by atoms with Gasteiger partial charge in [0.05, 0.1) is 5.92 Å². The average Bonchev–Trinajstić information content (AvgIpc) is 3.05. The van der Waals surface area contributed by atoms with Crippen molar-refractivity contribution in [3.63, 3.8) is 0 Å². The second kappa shape index (κ2) is 8.29. The number of Topliss-reactive ketones (excluding diaryl/α,β-unsaturated/α-hetero) is 1. The Morgan fingerprint density at radius 2 is 2.00 bits per heavy atom. The second-order valence-corrected chi connectivity index (χ2v) is 6.99. The van der Waals surface area contributed by atoms with Crippen LogP contribution in [0.3, 0.4) is 0 Å². The van der Waals surface area contributed by atoms with Crippen molar-refractivity contribution in [1.82, 2.24) is 5.32 Å². The van der Waals surface area contributed by atoms with Gasteiger partial charge in [0.1, 0.15) is 5.78 Å². The van der Waals surface area contributed by atoms with Gasteiger partial charge in [-0.15, -0.1) is 0 Å². The van der Waals surface area contributed by atoms with Crippen LogP contribution in [0.4, 0.5) is 5.69 Å². The highest BCUT2D eigenvalue weighted by molar-refractivity contribution is 5.83. The van der Waals surface area contributed by atoms with Gasteiger partial charge in [-0.3, -0.25) is 9.59 Å². The van der Waals surface area contributed by atoms with Gasteiger partial charge in [-0.2, -0.15) is 0 Å². The summed E-state index contributed by atoms with van der Waals surface area (Å²) in [7, 11) is 1.84. The molecule has 1 fully saturated rings. The molecule has 1 saturated heterocycles. The van der Waals surface area contributed by atoms with Crippen LogP contribution in [0, 0.1) is 17.8 Å². The molecular weight excluding hydrogens is 304 g/mol. The third-order valence-electron chi connectivity index (χ3n) is 4.80. The van der Waals surface area contributed by atoms with Crippen molar-refractivity contribution in [3.05, 3.63) is 29.3 Å². The number of ketones is 1. The van der Waals surface area contributed by atoms with Crippen molar-refractivity contribution in [2.24, 2.45) is 17.8 Å². The first-order valence-electron chi connectivity index (χ1n) is 8.67. The number of benzene rings is 1. The van der Waals surface area contributed by atoms with Gasteiger partial charge in [0, 0.05) is 25.1 Å². The number of carboxylic acid groups (broad SMARTS) is 1. The Labute approximate surface area is 143 Å². The summed E-state index contributed by atoms with van der Waals surface area (Å²) in [4.78, 5) is 23.7. The van der Waals surface area contributed by atoms with Crippen LogP contribution in [-0.4, -0.2) is 37.0 Å². The molecule has 1 aromatic carbocycles. The Bertz CT molecular complexity index is 592. The van der Waals surface area contributed by atoms with E-state index in [1.807, 2.05) is 39.1 Å². The van der Waals surface area contributed by atoms with Gasteiger partial charge in [0.2, 0.25) is 0 Å². The summed E-state index contributed by atoms with van der Waals surface area (Å²) in [5.74, 6) is -0.757. The molecule has 24 heavy (non-hydrogen) atoms. The molecule has 1 aliphatic rings. The molecule has 0 radical (unpaired) electrons. The number of hydrogen-bond acceptors (Lipinski definition) is 4. The van der Waals surface area contributed by atoms with Crippen LogP contribution >= 0.6 is 0 Å². The molecule has 1 aliphatic heterocycles. The van der Waals surface area contributed by atoms with E-state index in [9.17, 15) is 14.7 Å². The van der Waals surface area contributed by atoms with Crippen LogP contribution < -0.4 is 10.6 Å². The molecule has 0 unspecified atom stereocenters. The van der Waals surface area contributed by atoms with Gasteiger partial charge in [0.25, 0.3) is 0 Å². The molecule has 132 valence electrons. The number of anilines is 1. The van der Waals surface area contributed by atoms with Crippen LogP contribution in [-0.2, 0) is 22.4 Å². The maximum absolute atomic E-state index is 12.0. The molecule has 5 nitrogen and oxygen atoms in total. The molecule has 5 heteroatoms. The largest absolute Gasteiger partial charge is 0.481 e. The smallest absolute Gasteiger partial charge is 0.307 e. The highest BCUT2D eigenvalue weighted by Crippen LogP contribution is 2.26. The first-order chi connectivity index (χ1) is 11.4. The van der Waals surface area contributed by atoms with Crippen LogP contribution in [0.25, 0.3) is 0 Å². The third-order valence-corrected chi connectivity index (χ3v) is 4.80. The molecule has 1 heterocycles. The average molecular weight is 332 g/mol. The summed E-state index contributed by atoms with van der Waals surface area (Å²) in [5.41, 5.74) is 2.85. The molecule has 0 aliphatic carbocycles. The molecule has 0 bridgehead atoms. The predicted octanol–water partition coefficient (Wildman–Crippen LogP) is 2.35. The summed E-state index contributed by atoms with van der Waals surface area (Å²) in [6.45, 7) is 5.46. The van der Waals surface area contributed by atoms with Crippen molar-refractivity contribution in [2.45, 2.75) is 33.1 Å². The van der Waals surface area contributed by atoms with Crippen LogP contribution in [0.2, 0.25) is 0 Å². The standard InChI is InChI=1S/C19H28N2O3/c1-12(2)18(22)10-14-6-13(7-16(8-14)20-3)9-17(19(23)24)15-4-5-21-11-15/h6-8,12,15,17,20-21H,4-5,9-11H2,1-3H3,(H,23,24)/t15-,17-/m0/s1. The van der Waals surface area contributed by atoms with Crippen LogP contribution in [0.5, 0.6) is 0 Å². The van der Waals surface area contributed by atoms with E-state index in [1.54, 1.807) is 0 Å². The lowest BCUT2D eigenvalue weighted by Gasteiger charge is -2.19. The van der Waals surface area contributed by atoms with Gasteiger partial charge < -0.3 is 15.7 Å². The Kier molecular flexibility index (Phi) is 6.37. The van der Waals surface area contributed by atoms with Crippen molar-refractivity contribution in [2.75, 3.05) is 25.5 Å². The summed E-state index contributed by atoms with van der Waals surface area (Å²) in [6, 6.07) is 5.94. The quantitative estimate of drug-likeness (QED) is 0.681. The van der Waals surface area contributed by atoms with Crippen molar-refractivity contribution in [3.8, 4) is 0 Å². The normalized spacial score (nSPS) is 18.6. The fourth-order valence-electron chi connectivity index (χ4n) is 3.26. The zero-order chi connectivity index (χ0) is 17.7. The third kappa shape index (κ3) is 4.81. The van der Waals surface area contributed by atoms with Gasteiger partial charge in [-0.05, 0) is 55.1 Å².